The van der Waals surface area contributed by atoms with Gasteiger partial charge in [0, 0.05) is 18.3 Å². The molecule has 4 rings (SSSR count). The van der Waals surface area contributed by atoms with Crippen molar-refractivity contribution in [2.75, 3.05) is 11.9 Å². The Labute approximate surface area is 141 Å². The van der Waals surface area contributed by atoms with E-state index in [9.17, 15) is 0 Å². The quantitative estimate of drug-likeness (QED) is 0.752. The SMILES string of the molecule is CCCNc1ncc2c(-c3ccoc3)nn(C3CCCCC3)c2n1. The molecule has 6 heteroatoms. The molecule has 0 aliphatic heterocycles. The minimum atomic E-state index is 0.427. The van der Waals surface area contributed by atoms with Crippen LogP contribution in [0, 0.1) is 0 Å². The number of furan rings is 1. The monoisotopic (exact) mass is 325 g/mol. The molecule has 0 spiro atoms. The van der Waals surface area contributed by atoms with E-state index >= 15 is 0 Å². The maximum atomic E-state index is 5.25. The van der Waals surface area contributed by atoms with Gasteiger partial charge in [-0.2, -0.15) is 10.1 Å². The van der Waals surface area contributed by atoms with E-state index in [0.717, 1.165) is 35.3 Å². The lowest BCUT2D eigenvalue weighted by Gasteiger charge is -2.22. The van der Waals surface area contributed by atoms with Crippen molar-refractivity contribution in [3.8, 4) is 11.3 Å². The van der Waals surface area contributed by atoms with Crippen molar-refractivity contribution in [2.24, 2.45) is 0 Å². The Kier molecular flexibility index (Phi) is 4.19. The van der Waals surface area contributed by atoms with Crippen LogP contribution in [0.5, 0.6) is 0 Å². The van der Waals surface area contributed by atoms with Crippen LogP contribution >= 0.6 is 0 Å². The molecular formula is C18H23N5O. The molecule has 0 bridgehead atoms. The zero-order chi connectivity index (χ0) is 16.4. The number of nitrogens with one attached hydrogen (secondary N) is 1. The van der Waals surface area contributed by atoms with Gasteiger partial charge in [-0.25, -0.2) is 9.67 Å². The van der Waals surface area contributed by atoms with Gasteiger partial charge >= 0.3 is 0 Å². The molecule has 1 aliphatic rings. The smallest absolute Gasteiger partial charge is 0.224 e. The molecule has 1 saturated carbocycles. The fraction of sp³-hybridized carbons (Fsp3) is 0.500. The summed E-state index contributed by atoms with van der Waals surface area (Å²) < 4.78 is 7.37. The minimum absolute atomic E-state index is 0.427. The Morgan fingerprint density at radius 1 is 1.29 bits per heavy atom. The third kappa shape index (κ3) is 2.77. The summed E-state index contributed by atoms with van der Waals surface area (Å²) in [5, 5.41) is 9.17. The highest BCUT2D eigenvalue weighted by atomic mass is 16.3. The first-order valence-electron chi connectivity index (χ1n) is 8.88. The van der Waals surface area contributed by atoms with Crippen molar-refractivity contribution in [1.82, 2.24) is 19.7 Å². The minimum Gasteiger partial charge on any atom is -0.472 e. The van der Waals surface area contributed by atoms with E-state index in [1.54, 1.807) is 12.5 Å². The standard InChI is InChI=1S/C18H23N5O/c1-2-9-19-18-20-11-15-16(13-8-10-24-12-13)22-23(17(15)21-18)14-6-4-3-5-7-14/h8,10-12,14H,2-7,9H2,1H3,(H,19,20,21). The second-order valence-electron chi connectivity index (χ2n) is 6.45. The lowest BCUT2D eigenvalue weighted by atomic mass is 9.96. The molecule has 3 aromatic heterocycles. The van der Waals surface area contributed by atoms with E-state index in [1.807, 2.05) is 12.3 Å². The molecule has 6 nitrogen and oxygen atoms in total. The third-order valence-corrected chi connectivity index (χ3v) is 4.70. The van der Waals surface area contributed by atoms with Gasteiger partial charge in [-0.3, -0.25) is 0 Å². The van der Waals surface area contributed by atoms with Crippen LogP contribution in [-0.4, -0.2) is 26.3 Å². The van der Waals surface area contributed by atoms with Gasteiger partial charge in [0.1, 0.15) is 5.69 Å². The Bertz CT molecular complexity index is 802. The van der Waals surface area contributed by atoms with Crippen molar-refractivity contribution in [2.45, 2.75) is 51.5 Å². The Morgan fingerprint density at radius 2 is 2.17 bits per heavy atom. The Hall–Kier alpha value is -2.37. The average molecular weight is 325 g/mol. The maximum Gasteiger partial charge on any atom is 0.224 e. The van der Waals surface area contributed by atoms with Gasteiger partial charge in [0.25, 0.3) is 0 Å². The second-order valence-corrected chi connectivity index (χ2v) is 6.45. The summed E-state index contributed by atoms with van der Waals surface area (Å²) in [4.78, 5) is 9.23. The molecule has 0 aromatic carbocycles. The number of rotatable bonds is 5. The van der Waals surface area contributed by atoms with Gasteiger partial charge in [-0.05, 0) is 25.3 Å². The van der Waals surface area contributed by atoms with Crippen LogP contribution in [0.2, 0.25) is 0 Å². The lowest BCUT2D eigenvalue weighted by Crippen LogP contribution is -2.15. The van der Waals surface area contributed by atoms with Crippen molar-refractivity contribution in [1.29, 1.82) is 0 Å². The van der Waals surface area contributed by atoms with Crippen LogP contribution in [0.4, 0.5) is 5.95 Å². The van der Waals surface area contributed by atoms with E-state index < -0.39 is 0 Å². The highest BCUT2D eigenvalue weighted by Gasteiger charge is 2.23. The Morgan fingerprint density at radius 3 is 2.92 bits per heavy atom. The summed E-state index contributed by atoms with van der Waals surface area (Å²) in [6.45, 7) is 3.01. The highest BCUT2D eigenvalue weighted by Crippen LogP contribution is 2.34. The molecule has 0 amide bonds. The van der Waals surface area contributed by atoms with Gasteiger partial charge in [0.15, 0.2) is 5.65 Å². The van der Waals surface area contributed by atoms with E-state index in [0.29, 0.717) is 12.0 Å². The number of aromatic nitrogens is 4. The normalized spacial score (nSPS) is 15.9. The molecule has 1 aliphatic carbocycles. The van der Waals surface area contributed by atoms with Gasteiger partial charge in [0.05, 0.1) is 24.0 Å². The third-order valence-electron chi connectivity index (χ3n) is 4.70. The summed E-state index contributed by atoms with van der Waals surface area (Å²) in [6, 6.07) is 2.37. The number of nitrogens with zero attached hydrogens (tertiary/aromatic N) is 4. The van der Waals surface area contributed by atoms with E-state index in [-0.39, 0.29) is 0 Å². The van der Waals surface area contributed by atoms with Crippen molar-refractivity contribution in [3.63, 3.8) is 0 Å². The first-order chi connectivity index (χ1) is 11.9. The van der Waals surface area contributed by atoms with Crippen LogP contribution in [0.3, 0.4) is 0 Å². The van der Waals surface area contributed by atoms with Crippen LogP contribution in [-0.2, 0) is 0 Å². The number of fused-ring (bicyclic) bond motifs is 1. The summed E-state index contributed by atoms with van der Waals surface area (Å²) >= 11 is 0. The molecule has 1 fully saturated rings. The van der Waals surface area contributed by atoms with Crippen molar-refractivity contribution in [3.05, 3.63) is 24.8 Å². The Balaban J connectivity index is 1.82. The molecule has 0 unspecified atom stereocenters. The summed E-state index contributed by atoms with van der Waals surface area (Å²) in [5.41, 5.74) is 2.81. The first-order valence-corrected chi connectivity index (χ1v) is 8.88. The molecule has 0 radical (unpaired) electrons. The largest absolute Gasteiger partial charge is 0.472 e. The van der Waals surface area contributed by atoms with Gasteiger partial charge < -0.3 is 9.73 Å². The lowest BCUT2D eigenvalue weighted by molar-refractivity contribution is 0.336. The first kappa shape index (κ1) is 15.2. The number of anilines is 1. The highest BCUT2D eigenvalue weighted by molar-refractivity contribution is 5.90. The summed E-state index contributed by atoms with van der Waals surface area (Å²) in [5.74, 6) is 0.681. The van der Waals surface area contributed by atoms with Crippen molar-refractivity contribution >= 4 is 17.0 Å². The molecule has 0 saturated heterocycles. The summed E-state index contributed by atoms with van der Waals surface area (Å²) in [7, 11) is 0. The zero-order valence-electron chi connectivity index (χ0n) is 14.0. The molecule has 0 atom stereocenters. The van der Waals surface area contributed by atoms with Crippen LogP contribution in [0.25, 0.3) is 22.3 Å². The number of hydrogen-bond donors (Lipinski definition) is 1. The van der Waals surface area contributed by atoms with Crippen LogP contribution in [0.1, 0.15) is 51.5 Å². The molecule has 126 valence electrons. The average Bonchev–Trinajstić information content (AvgIpc) is 3.28. The molecule has 3 aromatic rings. The maximum absolute atomic E-state index is 5.25. The summed E-state index contributed by atoms with van der Waals surface area (Å²) in [6.07, 6.45) is 12.5. The molecule has 3 heterocycles. The van der Waals surface area contributed by atoms with Gasteiger partial charge in [0.2, 0.25) is 5.95 Å². The predicted octanol–water partition coefficient (Wildman–Crippen LogP) is 4.41. The van der Waals surface area contributed by atoms with E-state index in [1.165, 1.54) is 32.1 Å². The molecule has 24 heavy (non-hydrogen) atoms. The molecular weight excluding hydrogens is 302 g/mol. The van der Waals surface area contributed by atoms with Crippen LogP contribution < -0.4 is 5.32 Å². The van der Waals surface area contributed by atoms with E-state index in [2.05, 4.69) is 21.9 Å². The predicted molar refractivity (Wildman–Crippen MR) is 93.9 cm³/mol. The van der Waals surface area contributed by atoms with Crippen LogP contribution in [0.15, 0.2) is 29.2 Å². The molecule has 1 N–H and O–H groups in total. The fourth-order valence-electron chi connectivity index (χ4n) is 3.44. The fourth-order valence-corrected chi connectivity index (χ4v) is 3.44. The van der Waals surface area contributed by atoms with Crippen molar-refractivity contribution < 1.29 is 4.42 Å². The van der Waals surface area contributed by atoms with Gasteiger partial charge in [-0.1, -0.05) is 26.2 Å². The second kappa shape index (κ2) is 6.63. The number of hydrogen-bond acceptors (Lipinski definition) is 5. The van der Waals surface area contributed by atoms with E-state index in [4.69, 9.17) is 14.5 Å². The van der Waals surface area contributed by atoms with Gasteiger partial charge in [-0.15, -0.1) is 0 Å². The zero-order valence-corrected chi connectivity index (χ0v) is 14.0. The topological polar surface area (TPSA) is 68.8 Å².